The van der Waals surface area contributed by atoms with Crippen LogP contribution in [0.15, 0.2) is 67.3 Å². The first-order chi connectivity index (χ1) is 12.4. The van der Waals surface area contributed by atoms with Gasteiger partial charge in [-0.3, -0.25) is 10.1 Å². The van der Waals surface area contributed by atoms with Crippen LogP contribution < -0.4 is 0 Å². The topological polar surface area (TPSA) is 72.3 Å². The molecule has 0 aliphatic carbocycles. The lowest BCUT2D eigenvalue weighted by Gasteiger charge is -2.06. The molecule has 6 nitrogen and oxygen atoms in total. The Balaban J connectivity index is 1.56. The van der Waals surface area contributed by atoms with E-state index in [0.717, 1.165) is 33.5 Å². The van der Waals surface area contributed by atoms with Crippen molar-refractivity contribution in [2.24, 2.45) is 0 Å². The third-order valence-electron chi connectivity index (χ3n) is 4.25. The van der Waals surface area contributed by atoms with E-state index in [9.17, 15) is 0 Å². The van der Waals surface area contributed by atoms with Gasteiger partial charge in [-0.15, -0.1) is 0 Å². The van der Waals surface area contributed by atoms with Gasteiger partial charge in [-0.1, -0.05) is 12.1 Å². The Bertz CT molecular complexity index is 1170. The number of imidazole rings is 1. The number of aromatic nitrogens is 6. The SMILES string of the molecule is c1cnc2ccc(Cn3cnc4ccc(-c5cc[nH]n5)nc43)cc2c1. The summed E-state index contributed by atoms with van der Waals surface area (Å²) in [7, 11) is 0. The van der Waals surface area contributed by atoms with Gasteiger partial charge < -0.3 is 4.57 Å². The molecule has 0 amide bonds. The summed E-state index contributed by atoms with van der Waals surface area (Å²) < 4.78 is 2.06. The van der Waals surface area contributed by atoms with E-state index < -0.39 is 0 Å². The predicted octanol–water partition coefficient (Wildman–Crippen LogP) is 3.42. The zero-order chi connectivity index (χ0) is 16.6. The van der Waals surface area contributed by atoms with Gasteiger partial charge in [0.25, 0.3) is 0 Å². The minimum Gasteiger partial charge on any atom is -0.311 e. The maximum Gasteiger partial charge on any atom is 0.160 e. The van der Waals surface area contributed by atoms with E-state index in [1.165, 1.54) is 5.56 Å². The van der Waals surface area contributed by atoms with Crippen molar-refractivity contribution >= 4 is 22.1 Å². The molecule has 25 heavy (non-hydrogen) atoms. The molecular formula is C19H14N6. The van der Waals surface area contributed by atoms with Crippen molar-refractivity contribution in [3.8, 4) is 11.4 Å². The third-order valence-corrected chi connectivity index (χ3v) is 4.25. The Hall–Kier alpha value is -3.54. The first-order valence-corrected chi connectivity index (χ1v) is 8.02. The molecule has 120 valence electrons. The normalized spacial score (nSPS) is 11.4. The van der Waals surface area contributed by atoms with Crippen molar-refractivity contribution in [3.63, 3.8) is 0 Å². The summed E-state index contributed by atoms with van der Waals surface area (Å²) in [6, 6.07) is 16.2. The van der Waals surface area contributed by atoms with Crippen LogP contribution in [-0.4, -0.2) is 29.7 Å². The van der Waals surface area contributed by atoms with Crippen LogP contribution in [0.2, 0.25) is 0 Å². The molecule has 0 fully saturated rings. The second-order valence-electron chi connectivity index (χ2n) is 5.90. The number of nitrogens with zero attached hydrogens (tertiary/aromatic N) is 5. The smallest absolute Gasteiger partial charge is 0.160 e. The van der Waals surface area contributed by atoms with Crippen molar-refractivity contribution in [1.82, 2.24) is 29.7 Å². The first kappa shape index (κ1) is 13.9. The molecule has 0 bridgehead atoms. The highest BCUT2D eigenvalue weighted by Crippen LogP contribution is 2.20. The van der Waals surface area contributed by atoms with Crippen molar-refractivity contribution in [2.75, 3.05) is 0 Å². The van der Waals surface area contributed by atoms with Gasteiger partial charge in [0, 0.05) is 17.8 Å². The predicted molar refractivity (Wildman–Crippen MR) is 96.0 cm³/mol. The molecule has 6 heteroatoms. The molecule has 1 aromatic carbocycles. The lowest BCUT2D eigenvalue weighted by Crippen LogP contribution is -2.00. The average molecular weight is 326 g/mol. The number of pyridine rings is 2. The molecule has 0 radical (unpaired) electrons. The van der Waals surface area contributed by atoms with Gasteiger partial charge in [0.2, 0.25) is 0 Å². The first-order valence-electron chi connectivity index (χ1n) is 8.02. The Kier molecular flexibility index (Phi) is 3.06. The maximum atomic E-state index is 4.74. The number of hydrogen-bond acceptors (Lipinski definition) is 4. The minimum atomic E-state index is 0.707. The highest BCUT2D eigenvalue weighted by molar-refractivity contribution is 5.79. The molecule has 0 saturated heterocycles. The van der Waals surface area contributed by atoms with Gasteiger partial charge in [-0.25, -0.2) is 9.97 Å². The second kappa shape index (κ2) is 5.52. The Labute approximate surface area is 143 Å². The van der Waals surface area contributed by atoms with Crippen LogP contribution in [0.25, 0.3) is 33.5 Å². The molecule has 5 rings (SSSR count). The van der Waals surface area contributed by atoms with Crippen LogP contribution in [0, 0.1) is 0 Å². The summed E-state index contributed by atoms with van der Waals surface area (Å²) in [5, 5.41) is 8.16. The quantitative estimate of drug-likeness (QED) is 0.551. The van der Waals surface area contributed by atoms with Crippen LogP contribution in [0.1, 0.15) is 5.56 Å². The number of H-pyrrole nitrogens is 1. The molecule has 0 unspecified atom stereocenters. The molecule has 0 atom stereocenters. The fourth-order valence-electron chi connectivity index (χ4n) is 3.02. The van der Waals surface area contributed by atoms with E-state index in [1.54, 1.807) is 6.20 Å². The largest absolute Gasteiger partial charge is 0.311 e. The van der Waals surface area contributed by atoms with E-state index >= 15 is 0 Å². The summed E-state index contributed by atoms with van der Waals surface area (Å²) in [4.78, 5) is 13.6. The molecule has 0 aliphatic heterocycles. The minimum absolute atomic E-state index is 0.707. The fourth-order valence-corrected chi connectivity index (χ4v) is 3.02. The molecule has 1 N–H and O–H groups in total. The van der Waals surface area contributed by atoms with Gasteiger partial charge in [0.05, 0.1) is 24.1 Å². The number of hydrogen-bond donors (Lipinski definition) is 1. The number of rotatable bonds is 3. The van der Waals surface area contributed by atoms with Crippen molar-refractivity contribution in [1.29, 1.82) is 0 Å². The van der Waals surface area contributed by atoms with E-state index in [2.05, 4.69) is 42.9 Å². The molecule has 0 aliphatic rings. The molecular weight excluding hydrogens is 312 g/mol. The maximum absolute atomic E-state index is 4.74. The van der Waals surface area contributed by atoms with E-state index in [1.807, 2.05) is 42.9 Å². The lowest BCUT2D eigenvalue weighted by molar-refractivity contribution is 0.815. The summed E-state index contributed by atoms with van der Waals surface area (Å²) in [6.45, 7) is 0.707. The molecule has 0 spiro atoms. The molecule has 4 aromatic heterocycles. The summed E-state index contributed by atoms with van der Waals surface area (Å²) in [5.41, 5.74) is 5.57. The highest BCUT2D eigenvalue weighted by atomic mass is 15.1. The van der Waals surface area contributed by atoms with Crippen LogP contribution in [0.3, 0.4) is 0 Å². The monoisotopic (exact) mass is 326 g/mol. The standard InChI is InChI=1S/C19H14N6/c1-2-14-10-13(3-4-15(14)20-8-1)11-25-12-21-18-6-5-16(23-19(18)25)17-7-9-22-24-17/h1-10,12H,11H2,(H,22,24). The van der Waals surface area contributed by atoms with Crippen molar-refractivity contribution in [3.05, 3.63) is 72.8 Å². The molecule has 0 saturated carbocycles. The zero-order valence-electron chi connectivity index (χ0n) is 13.3. The van der Waals surface area contributed by atoms with Gasteiger partial charge in [0.15, 0.2) is 5.65 Å². The zero-order valence-corrected chi connectivity index (χ0v) is 13.3. The van der Waals surface area contributed by atoms with Gasteiger partial charge in [-0.2, -0.15) is 5.10 Å². The molecule has 4 heterocycles. The highest BCUT2D eigenvalue weighted by Gasteiger charge is 2.09. The van der Waals surface area contributed by atoms with Crippen molar-refractivity contribution in [2.45, 2.75) is 6.54 Å². The van der Waals surface area contributed by atoms with E-state index in [0.29, 0.717) is 6.54 Å². The fraction of sp³-hybridized carbons (Fsp3) is 0.0526. The number of fused-ring (bicyclic) bond motifs is 2. The van der Waals surface area contributed by atoms with Crippen LogP contribution >= 0.6 is 0 Å². The Morgan fingerprint density at radius 1 is 0.920 bits per heavy atom. The molecule has 5 aromatic rings. The van der Waals surface area contributed by atoms with Crippen molar-refractivity contribution < 1.29 is 0 Å². The Morgan fingerprint density at radius 3 is 2.80 bits per heavy atom. The van der Waals surface area contributed by atoms with Gasteiger partial charge in [-0.05, 0) is 42.0 Å². The summed E-state index contributed by atoms with van der Waals surface area (Å²) in [6.07, 6.45) is 5.44. The summed E-state index contributed by atoms with van der Waals surface area (Å²) in [5.74, 6) is 0. The number of benzene rings is 1. The summed E-state index contributed by atoms with van der Waals surface area (Å²) >= 11 is 0. The third kappa shape index (κ3) is 2.44. The van der Waals surface area contributed by atoms with Crippen LogP contribution in [0.5, 0.6) is 0 Å². The van der Waals surface area contributed by atoms with E-state index in [-0.39, 0.29) is 0 Å². The lowest BCUT2D eigenvalue weighted by atomic mass is 10.1. The number of nitrogens with one attached hydrogen (secondary N) is 1. The van der Waals surface area contributed by atoms with Gasteiger partial charge in [0.1, 0.15) is 11.2 Å². The van der Waals surface area contributed by atoms with Crippen LogP contribution in [0.4, 0.5) is 0 Å². The van der Waals surface area contributed by atoms with Gasteiger partial charge >= 0.3 is 0 Å². The Morgan fingerprint density at radius 2 is 1.88 bits per heavy atom. The van der Waals surface area contributed by atoms with Crippen LogP contribution in [-0.2, 0) is 6.54 Å². The van der Waals surface area contributed by atoms with E-state index in [4.69, 9.17) is 4.98 Å². The average Bonchev–Trinajstić information content (AvgIpc) is 3.32. The number of aromatic amines is 1. The second-order valence-corrected chi connectivity index (χ2v) is 5.90.